The number of rotatable bonds is 6. The molecule has 2 unspecified atom stereocenters. The second-order valence-electron chi connectivity index (χ2n) is 7.24. The van der Waals surface area contributed by atoms with Crippen LogP contribution >= 0.6 is 23.2 Å². The summed E-state index contributed by atoms with van der Waals surface area (Å²) in [6, 6.07) is 4.88. The number of carbonyl (C=O) groups is 1. The molecular weight excluding hydrogens is 395 g/mol. The summed E-state index contributed by atoms with van der Waals surface area (Å²) in [5.41, 5.74) is 0.583. The van der Waals surface area contributed by atoms with Gasteiger partial charge in [-0.05, 0) is 43.4 Å². The van der Waals surface area contributed by atoms with Crippen molar-refractivity contribution in [1.29, 1.82) is 0 Å². The van der Waals surface area contributed by atoms with Gasteiger partial charge < -0.3 is 5.32 Å². The molecule has 0 aromatic heterocycles. The first-order chi connectivity index (χ1) is 12.1. The molecule has 1 aromatic rings. The molecule has 1 aliphatic rings. The van der Waals surface area contributed by atoms with Crippen LogP contribution in [0, 0.1) is 11.8 Å². The molecule has 1 fully saturated rings. The molecule has 0 saturated carbocycles. The monoisotopic (exact) mass is 420 g/mol. The van der Waals surface area contributed by atoms with Crippen molar-refractivity contribution in [2.24, 2.45) is 11.8 Å². The van der Waals surface area contributed by atoms with Gasteiger partial charge in [-0.15, -0.1) is 0 Å². The van der Waals surface area contributed by atoms with Crippen LogP contribution in [-0.2, 0) is 20.6 Å². The first-order valence-corrected chi connectivity index (χ1v) is 11.2. The van der Waals surface area contributed by atoms with Crippen molar-refractivity contribution in [1.82, 2.24) is 9.62 Å². The summed E-state index contributed by atoms with van der Waals surface area (Å²) in [4.78, 5) is 12.5. The van der Waals surface area contributed by atoms with Gasteiger partial charge in [0.15, 0.2) is 0 Å². The molecule has 2 atom stereocenters. The Kier molecular flexibility index (Phi) is 7.36. The van der Waals surface area contributed by atoms with Gasteiger partial charge in [-0.3, -0.25) is 4.79 Å². The summed E-state index contributed by atoms with van der Waals surface area (Å²) in [5.74, 6) is -0.202. The molecule has 0 radical (unpaired) electrons. The molecule has 1 N–H and O–H groups in total. The largest absolute Gasteiger partial charge is 0.353 e. The van der Waals surface area contributed by atoms with E-state index < -0.39 is 10.0 Å². The molecule has 1 amide bonds. The number of nitrogens with zero attached hydrogens (tertiary/aromatic N) is 1. The Balaban J connectivity index is 2.04. The van der Waals surface area contributed by atoms with Gasteiger partial charge in [-0.25, -0.2) is 12.7 Å². The van der Waals surface area contributed by atoms with Crippen molar-refractivity contribution in [3.05, 3.63) is 33.8 Å². The average Bonchev–Trinajstić information content (AvgIpc) is 2.58. The van der Waals surface area contributed by atoms with Crippen LogP contribution in [0.25, 0.3) is 0 Å². The lowest BCUT2D eigenvalue weighted by molar-refractivity contribution is -0.127. The molecule has 0 spiro atoms. The topological polar surface area (TPSA) is 66.5 Å². The van der Waals surface area contributed by atoms with E-state index in [4.69, 9.17) is 23.2 Å². The van der Waals surface area contributed by atoms with E-state index >= 15 is 0 Å². The highest BCUT2D eigenvalue weighted by Gasteiger charge is 2.33. The second kappa shape index (κ2) is 8.91. The summed E-state index contributed by atoms with van der Waals surface area (Å²) in [5, 5.41) is 3.71. The van der Waals surface area contributed by atoms with E-state index in [1.54, 1.807) is 18.2 Å². The standard InChI is InChI=1S/C18H26Cl2N2O3S/c1-12(2)13(3)21-18(23)15-5-4-8-22(10-15)26(24,25)11-14-6-7-16(19)17(20)9-14/h6-7,9,12-13,15H,4-5,8,10-11H2,1-3H3,(H,21,23). The second-order valence-corrected chi connectivity index (χ2v) is 10.0. The van der Waals surface area contributed by atoms with Crippen molar-refractivity contribution in [3.8, 4) is 0 Å². The van der Waals surface area contributed by atoms with Crippen LogP contribution in [0.2, 0.25) is 10.0 Å². The van der Waals surface area contributed by atoms with Gasteiger partial charge in [-0.1, -0.05) is 43.1 Å². The zero-order valence-electron chi connectivity index (χ0n) is 15.3. The molecule has 5 nitrogen and oxygen atoms in total. The van der Waals surface area contributed by atoms with Crippen LogP contribution in [-0.4, -0.2) is 37.8 Å². The maximum atomic E-state index is 12.8. The van der Waals surface area contributed by atoms with Gasteiger partial charge in [0.1, 0.15) is 0 Å². The van der Waals surface area contributed by atoms with E-state index in [0.717, 1.165) is 0 Å². The fraction of sp³-hybridized carbons (Fsp3) is 0.611. The Hall–Kier alpha value is -0.820. The molecule has 2 rings (SSSR count). The summed E-state index contributed by atoms with van der Waals surface area (Å²) in [7, 11) is -3.53. The Morgan fingerprint density at radius 1 is 1.27 bits per heavy atom. The van der Waals surface area contributed by atoms with E-state index in [1.807, 2.05) is 20.8 Å². The third-order valence-electron chi connectivity index (χ3n) is 4.85. The highest BCUT2D eigenvalue weighted by atomic mass is 35.5. The number of nitrogens with one attached hydrogen (secondary N) is 1. The number of carbonyl (C=O) groups excluding carboxylic acids is 1. The lowest BCUT2D eigenvalue weighted by Crippen LogP contribution is -2.48. The quantitative estimate of drug-likeness (QED) is 0.762. The molecule has 1 aromatic carbocycles. The van der Waals surface area contributed by atoms with E-state index in [2.05, 4.69) is 5.32 Å². The predicted octanol–water partition coefficient (Wildman–Crippen LogP) is 3.70. The fourth-order valence-corrected chi connectivity index (χ4v) is 4.77. The maximum Gasteiger partial charge on any atom is 0.224 e. The summed E-state index contributed by atoms with van der Waals surface area (Å²) >= 11 is 11.9. The minimum Gasteiger partial charge on any atom is -0.353 e. The zero-order chi connectivity index (χ0) is 19.5. The lowest BCUT2D eigenvalue weighted by Gasteiger charge is -2.32. The van der Waals surface area contributed by atoms with E-state index in [-0.39, 0.29) is 30.2 Å². The fourth-order valence-electron chi connectivity index (χ4n) is 2.85. The lowest BCUT2D eigenvalue weighted by atomic mass is 9.97. The number of amides is 1. The third kappa shape index (κ3) is 5.59. The van der Waals surface area contributed by atoms with Gasteiger partial charge in [0.25, 0.3) is 0 Å². The normalized spacial score (nSPS) is 20.2. The van der Waals surface area contributed by atoms with E-state index in [9.17, 15) is 13.2 Å². The summed E-state index contributed by atoms with van der Waals surface area (Å²) < 4.78 is 27.0. The van der Waals surface area contributed by atoms with E-state index in [1.165, 1.54) is 4.31 Å². The van der Waals surface area contributed by atoms with Crippen molar-refractivity contribution in [3.63, 3.8) is 0 Å². The van der Waals surface area contributed by atoms with Crippen LogP contribution in [0.5, 0.6) is 0 Å². The number of halogens is 2. The van der Waals surface area contributed by atoms with Crippen LogP contribution in [0.1, 0.15) is 39.2 Å². The molecular formula is C18H26Cl2N2O3S. The highest BCUT2D eigenvalue weighted by Crippen LogP contribution is 2.26. The van der Waals surface area contributed by atoms with Crippen molar-refractivity contribution in [2.45, 2.75) is 45.4 Å². The van der Waals surface area contributed by atoms with Crippen LogP contribution in [0.15, 0.2) is 18.2 Å². The van der Waals surface area contributed by atoms with Gasteiger partial charge in [0.05, 0.1) is 21.7 Å². The molecule has 146 valence electrons. The van der Waals surface area contributed by atoms with Crippen LogP contribution in [0.4, 0.5) is 0 Å². The molecule has 0 bridgehead atoms. The number of piperidine rings is 1. The smallest absolute Gasteiger partial charge is 0.224 e. The third-order valence-corrected chi connectivity index (χ3v) is 7.41. The molecule has 1 heterocycles. The van der Waals surface area contributed by atoms with Gasteiger partial charge in [-0.2, -0.15) is 0 Å². The van der Waals surface area contributed by atoms with Gasteiger partial charge in [0, 0.05) is 19.1 Å². The Morgan fingerprint density at radius 2 is 1.96 bits per heavy atom. The van der Waals surface area contributed by atoms with Crippen molar-refractivity contribution >= 4 is 39.1 Å². The first-order valence-electron chi connectivity index (χ1n) is 8.82. The Morgan fingerprint density at radius 3 is 2.58 bits per heavy atom. The SMILES string of the molecule is CC(C)C(C)NC(=O)C1CCCN(S(=O)(=O)Cc2ccc(Cl)c(Cl)c2)C1. The van der Waals surface area contributed by atoms with Gasteiger partial charge >= 0.3 is 0 Å². The Bertz CT molecular complexity index is 753. The maximum absolute atomic E-state index is 12.8. The zero-order valence-corrected chi connectivity index (χ0v) is 17.7. The molecule has 1 saturated heterocycles. The minimum absolute atomic E-state index is 0.0608. The summed E-state index contributed by atoms with van der Waals surface area (Å²) in [6.45, 7) is 6.71. The highest BCUT2D eigenvalue weighted by molar-refractivity contribution is 7.88. The number of hydrogen-bond donors (Lipinski definition) is 1. The van der Waals surface area contributed by atoms with E-state index in [0.29, 0.717) is 40.9 Å². The van der Waals surface area contributed by atoms with Gasteiger partial charge in [0.2, 0.25) is 15.9 Å². The predicted molar refractivity (Wildman–Crippen MR) is 106 cm³/mol. The van der Waals surface area contributed by atoms with Crippen molar-refractivity contribution in [2.75, 3.05) is 13.1 Å². The molecule has 8 heteroatoms. The molecule has 26 heavy (non-hydrogen) atoms. The first kappa shape index (κ1) is 21.5. The minimum atomic E-state index is -3.53. The Labute approximate surface area is 166 Å². The van der Waals surface area contributed by atoms with Crippen LogP contribution in [0.3, 0.4) is 0 Å². The number of benzene rings is 1. The average molecular weight is 421 g/mol. The van der Waals surface area contributed by atoms with Crippen LogP contribution < -0.4 is 5.32 Å². The number of sulfonamides is 1. The molecule has 0 aliphatic carbocycles. The number of hydrogen-bond acceptors (Lipinski definition) is 3. The van der Waals surface area contributed by atoms with Crippen molar-refractivity contribution < 1.29 is 13.2 Å². The summed E-state index contributed by atoms with van der Waals surface area (Å²) in [6.07, 6.45) is 1.38. The molecule has 1 aliphatic heterocycles.